The van der Waals surface area contributed by atoms with Crippen LogP contribution in [0.5, 0.6) is 0 Å². The minimum absolute atomic E-state index is 0.114. The number of ether oxygens (including phenoxy) is 2. The molecular weight excluding hydrogens is 360 g/mol. The van der Waals surface area contributed by atoms with Gasteiger partial charge in [-0.25, -0.2) is 4.79 Å². The van der Waals surface area contributed by atoms with E-state index in [1.54, 1.807) is 0 Å². The molecule has 4 unspecified atom stereocenters. The summed E-state index contributed by atoms with van der Waals surface area (Å²) < 4.78 is 10.5. The van der Waals surface area contributed by atoms with Crippen LogP contribution in [0.3, 0.4) is 0 Å². The first-order chi connectivity index (χ1) is 13.1. The molecule has 2 rings (SSSR count). The molecule has 0 amide bonds. The fraction of sp³-hybridized carbons (Fsp3) is 0.636. The predicted molar refractivity (Wildman–Crippen MR) is 105 cm³/mol. The zero-order valence-corrected chi connectivity index (χ0v) is 17.1. The van der Waals surface area contributed by atoms with Gasteiger partial charge in [-0.3, -0.25) is 4.79 Å². The van der Waals surface area contributed by atoms with E-state index >= 15 is 0 Å². The van der Waals surface area contributed by atoms with Gasteiger partial charge < -0.3 is 19.7 Å². The zero-order valence-electron chi connectivity index (χ0n) is 17.1. The molecule has 6 nitrogen and oxygen atoms in total. The van der Waals surface area contributed by atoms with Gasteiger partial charge in [0, 0.05) is 24.8 Å². The minimum Gasteiger partial charge on any atom is -0.463 e. The maximum absolute atomic E-state index is 12.1. The quantitative estimate of drug-likeness (QED) is 0.426. The molecule has 0 aromatic heterocycles. The van der Waals surface area contributed by atoms with E-state index in [9.17, 15) is 19.8 Å². The van der Waals surface area contributed by atoms with E-state index in [0.717, 1.165) is 18.4 Å². The van der Waals surface area contributed by atoms with Gasteiger partial charge >= 0.3 is 11.9 Å². The number of rotatable bonds is 2. The van der Waals surface area contributed by atoms with Gasteiger partial charge in [-0.05, 0) is 46.0 Å². The second kappa shape index (κ2) is 9.52. The monoisotopic (exact) mass is 392 g/mol. The summed E-state index contributed by atoms with van der Waals surface area (Å²) in [5.41, 5.74) is 1.03. The molecule has 2 aliphatic rings. The third-order valence-electron chi connectivity index (χ3n) is 5.66. The Morgan fingerprint density at radius 3 is 2.68 bits per heavy atom. The van der Waals surface area contributed by atoms with Crippen molar-refractivity contribution < 1.29 is 29.3 Å². The summed E-state index contributed by atoms with van der Waals surface area (Å²) in [6.45, 7) is 8.84. The van der Waals surface area contributed by atoms with Crippen LogP contribution in [0.2, 0.25) is 0 Å². The number of esters is 2. The first-order valence-corrected chi connectivity index (χ1v) is 9.87. The fourth-order valence-electron chi connectivity index (χ4n) is 3.79. The fourth-order valence-corrected chi connectivity index (χ4v) is 3.79. The van der Waals surface area contributed by atoms with Crippen molar-refractivity contribution in [2.24, 2.45) is 5.92 Å². The Bertz CT molecular complexity index is 677. The highest BCUT2D eigenvalue weighted by atomic mass is 16.6. The third-order valence-corrected chi connectivity index (χ3v) is 5.66. The number of hydrogen-bond donors (Lipinski definition) is 2. The summed E-state index contributed by atoms with van der Waals surface area (Å²) in [6, 6.07) is 0. The van der Waals surface area contributed by atoms with E-state index in [-0.39, 0.29) is 19.4 Å². The van der Waals surface area contributed by atoms with Crippen molar-refractivity contribution in [2.75, 3.05) is 6.61 Å². The Balaban J connectivity index is 2.30. The average molecular weight is 392 g/mol. The molecule has 1 aliphatic carbocycles. The van der Waals surface area contributed by atoms with Crippen LogP contribution in [-0.2, 0) is 19.1 Å². The van der Waals surface area contributed by atoms with Crippen LogP contribution in [0.1, 0.15) is 59.3 Å². The van der Waals surface area contributed by atoms with E-state index in [1.807, 2.05) is 19.9 Å². The Morgan fingerprint density at radius 1 is 1.32 bits per heavy atom. The summed E-state index contributed by atoms with van der Waals surface area (Å²) in [5.74, 6) is -1.37. The van der Waals surface area contributed by atoms with Crippen LogP contribution in [0, 0.1) is 5.92 Å². The lowest BCUT2D eigenvalue weighted by atomic mass is 9.81. The molecule has 0 aromatic carbocycles. The van der Waals surface area contributed by atoms with Gasteiger partial charge in [0.25, 0.3) is 0 Å². The lowest BCUT2D eigenvalue weighted by Crippen LogP contribution is -2.48. The van der Waals surface area contributed by atoms with E-state index < -0.39 is 35.7 Å². The van der Waals surface area contributed by atoms with E-state index in [4.69, 9.17) is 9.47 Å². The normalized spacial score (nSPS) is 32.5. The average Bonchev–Trinajstić information content (AvgIpc) is 2.86. The highest BCUT2D eigenvalue weighted by Crippen LogP contribution is 2.37. The van der Waals surface area contributed by atoms with Crippen molar-refractivity contribution in [1.29, 1.82) is 0 Å². The largest absolute Gasteiger partial charge is 0.463 e. The molecule has 4 atom stereocenters. The van der Waals surface area contributed by atoms with E-state index in [2.05, 4.69) is 12.7 Å². The molecule has 1 saturated heterocycles. The molecule has 1 fully saturated rings. The SMILES string of the molecule is C=C1C(=O)OC2CC(C)=CCCC(C)=CCCC(O)(COC(C)=O)C(O)CC12. The number of carbonyl (C=O) groups is 2. The van der Waals surface area contributed by atoms with Crippen molar-refractivity contribution in [1.82, 2.24) is 0 Å². The van der Waals surface area contributed by atoms with E-state index in [1.165, 1.54) is 12.5 Å². The molecule has 28 heavy (non-hydrogen) atoms. The predicted octanol–water partition coefficient (Wildman–Crippen LogP) is 2.99. The number of carbonyl (C=O) groups excluding carboxylic acids is 2. The summed E-state index contributed by atoms with van der Waals surface area (Å²) in [7, 11) is 0. The standard InChI is InChI=1S/C22H32O6/c1-14-7-5-8-15(2)11-19-18(16(3)21(25)28-19)12-20(24)22(26,10-6-9-14)13-27-17(4)23/h8-9,18-20,24,26H,3,5-7,10-13H2,1-2,4H3. The summed E-state index contributed by atoms with van der Waals surface area (Å²) >= 11 is 0. The summed E-state index contributed by atoms with van der Waals surface area (Å²) in [4.78, 5) is 23.3. The van der Waals surface area contributed by atoms with Crippen molar-refractivity contribution >= 4 is 11.9 Å². The minimum atomic E-state index is -1.60. The maximum atomic E-state index is 12.1. The van der Waals surface area contributed by atoms with Crippen molar-refractivity contribution in [3.05, 3.63) is 35.5 Å². The molecule has 0 radical (unpaired) electrons. The Labute approximate surface area is 166 Å². The van der Waals surface area contributed by atoms with Crippen LogP contribution in [-0.4, -0.2) is 46.6 Å². The lowest BCUT2D eigenvalue weighted by molar-refractivity contribution is -0.161. The number of aliphatic hydroxyl groups excluding tert-OH is 1. The second-order valence-electron chi connectivity index (χ2n) is 8.09. The molecule has 1 heterocycles. The number of aliphatic hydroxyl groups is 2. The highest BCUT2D eigenvalue weighted by Gasteiger charge is 2.44. The lowest BCUT2D eigenvalue weighted by Gasteiger charge is -2.34. The van der Waals surface area contributed by atoms with Crippen LogP contribution < -0.4 is 0 Å². The molecule has 0 bridgehead atoms. The van der Waals surface area contributed by atoms with Gasteiger partial charge in [0.1, 0.15) is 18.3 Å². The second-order valence-corrected chi connectivity index (χ2v) is 8.09. The molecule has 0 spiro atoms. The first kappa shape index (κ1) is 22.4. The molecule has 0 saturated carbocycles. The number of allylic oxidation sites excluding steroid dienone is 3. The first-order valence-electron chi connectivity index (χ1n) is 9.87. The van der Waals surface area contributed by atoms with Gasteiger partial charge in [0.2, 0.25) is 0 Å². The third kappa shape index (κ3) is 5.79. The maximum Gasteiger partial charge on any atom is 0.334 e. The molecule has 6 heteroatoms. The summed E-state index contributed by atoms with van der Waals surface area (Å²) in [5, 5.41) is 21.9. The molecule has 0 aromatic rings. The van der Waals surface area contributed by atoms with Gasteiger partial charge in [-0.1, -0.05) is 29.9 Å². The van der Waals surface area contributed by atoms with Gasteiger partial charge in [-0.2, -0.15) is 0 Å². The molecule has 156 valence electrons. The van der Waals surface area contributed by atoms with Crippen LogP contribution >= 0.6 is 0 Å². The Kier molecular flexibility index (Phi) is 7.61. The number of fused-ring (bicyclic) bond motifs is 1. The van der Waals surface area contributed by atoms with E-state index in [0.29, 0.717) is 18.4 Å². The zero-order chi connectivity index (χ0) is 20.9. The highest BCUT2D eigenvalue weighted by molar-refractivity contribution is 5.90. The smallest absolute Gasteiger partial charge is 0.334 e. The Hall–Kier alpha value is -1.92. The number of hydrogen-bond acceptors (Lipinski definition) is 6. The van der Waals surface area contributed by atoms with Crippen molar-refractivity contribution in [2.45, 2.75) is 77.1 Å². The molecule has 1 aliphatic heterocycles. The summed E-state index contributed by atoms with van der Waals surface area (Å²) in [6.07, 6.45) is 5.85. The van der Waals surface area contributed by atoms with Gasteiger partial charge in [0.15, 0.2) is 0 Å². The van der Waals surface area contributed by atoms with Gasteiger partial charge in [-0.15, -0.1) is 0 Å². The Morgan fingerprint density at radius 2 is 2.00 bits per heavy atom. The van der Waals surface area contributed by atoms with Crippen LogP contribution in [0.15, 0.2) is 35.5 Å². The molecule has 2 N–H and O–H groups in total. The van der Waals surface area contributed by atoms with Crippen LogP contribution in [0.4, 0.5) is 0 Å². The van der Waals surface area contributed by atoms with Gasteiger partial charge in [0.05, 0.1) is 6.10 Å². The topological polar surface area (TPSA) is 93.1 Å². The molecular formula is C22H32O6. The van der Waals surface area contributed by atoms with Crippen LogP contribution in [0.25, 0.3) is 0 Å². The van der Waals surface area contributed by atoms with Crippen molar-refractivity contribution in [3.8, 4) is 0 Å². The van der Waals surface area contributed by atoms with Crippen molar-refractivity contribution in [3.63, 3.8) is 0 Å².